The van der Waals surface area contributed by atoms with Crippen molar-refractivity contribution in [2.24, 2.45) is 0 Å². The molecule has 0 aliphatic carbocycles. The van der Waals surface area contributed by atoms with E-state index >= 15 is 0 Å². The van der Waals surface area contributed by atoms with Crippen molar-refractivity contribution < 1.29 is 9.59 Å². The standard InChI is InChI=1S/C14H23N5O2/c1-4-6-16-12-9-15-8-11(19-12)14(21)18-10(3)13(20)17-7-5-2/h8-10H,4-7H2,1-3H3,(H,16,19)(H,17,20)(H,18,21). The molecular weight excluding hydrogens is 270 g/mol. The summed E-state index contributed by atoms with van der Waals surface area (Å²) >= 11 is 0. The van der Waals surface area contributed by atoms with Crippen LogP contribution in [-0.2, 0) is 4.79 Å². The molecule has 0 aliphatic rings. The summed E-state index contributed by atoms with van der Waals surface area (Å²) in [6.45, 7) is 6.99. The van der Waals surface area contributed by atoms with Crippen molar-refractivity contribution in [1.29, 1.82) is 0 Å². The molecule has 0 saturated carbocycles. The third kappa shape index (κ3) is 5.76. The van der Waals surface area contributed by atoms with Crippen molar-refractivity contribution in [3.63, 3.8) is 0 Å². The lowest BCUT2D eigenvalue weighted by molar-refractivity contribution is -0.122. The van der Waals surface area contributed by atoms with E-state index in [4.69, 9.17) is 0 Å². The number of nitrogens with one attached hydrogen (secondary N) is 3. The van der Waals surface area contributed by atoms with Gasteiger partial charge in [0.05, 0.1) is 12.4 Å². The maximum Gasteiger partial charge on any atom is 0.272 e. The number of aromatic nitrogens is 2. The molecule has 1 aromatic rings. The van der Waals surface area contributed by atoms with Gasteiger partial charge in [0.1, 0.15) is 17.6 Å². The molecule has 21 heavy (non-hydrogen) atoms. The third-order valence-electron chi connectivity index (χ3n) is 2.71. The van der Waals surface area contributed by atoms with Gasteiger partial charge >= 0.3 is 0 Å². The molecular formula is C14H23N5O2. The molecule has 1 rings (SSSR count). The van der Waals surface area contributed by atoms with Gasteiger partial charge in [0.25, 0.3) is 5.91 Å². The Kier molecular flexibility index (Phi) is 7.14. The Morgan fingerprint density at radius 3 is 2.57 bits per heavy atom. The van der Waals surface area contributed by atoms with Crippen LogP contribution in [0, 0.1) is 0 Å². The highest BCUT2D eigenvalue weighted by Crippen LogP contribution is 2.02. The normalized spacial score (nSPS) is 11.6. The second kappa shape index (κ2) is 8.89. The van der Waals surface area contributed by atoms with E-state index in [9.17, 15) is 9.59 Å². The maximum absolute atomic E-state index is 12.0. The van der Waals surface area contributed by atoms with E-state index in [0.717, 1.165) is 19.4 Å². The van der Waals surface area contributed by atoms with Crippen LogP contribution in [-0.4, -0.2) is 40.9 Å². The number of rotatable bonds is 8. The lowest BCUT2D eigenvalue weighted by Crippen LogP contribution is -2.45. The first-order valence-electron chi connectivity index (χ1n) is 7.23. The molecule has 0 aromatic carbocycles. The average Bonchev–Trinajstić information content (AvgIpc) is 2.50. The van der Waals surface area contributed by atoms with Crippen molar-refractivity contribution in [3.05, 3.63) is 18.1 Å². The molecule has 1 unspecified atom stereocenters. The predicted molar refractivity (Wildman–Crippen MR) is 81.0 cm³/mol. The van der Waals surface area contributed by atoms with Crippen LogP contribution in [0.25, 0.3) is 0 Å². The molecule has 0 saturated heterocycles. The third-order valence-corrected chi connectivity index (χ3v) is 2.71. The first-order valence-corrected chi connectivity index (χ1v) is 7.23. The van der Waals surface area contributed by atoms with Crippen LogP contribution in [0.3, 0.4) is 0 Å². The molecule has 0 radical (unpaired) electrons. The highest BCUT2D eigenvalue weighted by Gasteiger charge is 2.17. The Morgan fingerprint density at radius 1 is 1.19 bits per heavy atom. The van der Waals surface area contributed by atoms with Gasteiger partial charge in [-0.05, 0) is 19.8 Å². The number of carbonyl (C=O) groups excluding carboxylic acids is 2. The number of hydrogen-bond acceptors (Lipinski definition) is 5. The number of nitrogens with zero attached hydrogens (tertiary/aromatic N) is 2. The smallest absolute Gasteiger partial charge is 0.272 e. The van der Waals surface area contributed by atoms with E-state index in [0.29, 0.717) is 12.4 Å². The van der Waals surface area contributed by atoms with Crippen LogP contribution >= 0.6 is 0 Å². The lowest BCUT2D eigenvalue weighted by atomic mass is 10.3. The fourth-order valence-electron chi connectivity index (χ4n) is 1.55. The van der Waals surface area contributed by atoms with Gasteiger partial charge in [-0.3, -0.25) is 14.6 Å². The number of hydrogen-bond donors (Lipinski definition) is 3. The molecule has 7 nitrogen and oxygen atoms in total. The molecule has 2 amide bonds. The van der Waals surface area contributed by atoms with Crippen LogP contribution in [0.2, 0.25) is 0 Å². The summed E-state index contributed by atoms with van der Waals surface area (Å²) in [6, 6.07) is -0.613. The molecule has 1 heterocycles. The monoisotopic (exact) mass is 293 g/mol. The molecule has 0 bridgehead atoms. The Morgan fingerprint density at radius 2 is 1.90 bits per heavy atom. The summed E-state index contributed by atoms with van der Waals surface area (Å²) in [5.74, 6) is -0.0761. The minimum Gasteiger partial charge on any atom is -0.369 e. The molecule has 116 valence electrons. The van der Waals surface area contributed by atoms with Gasteiger partial charge < -0.3 is 16.0 Å². The molecule has 0 spiro atoms. The highest BCUT2D eigenvalue weighted by molar-refractivity contribution is 5.95. The first kappa shape index (κ1) is 16.9. The highest BCUT2D eigenvalue weighted by atomic mass is 16.2. The Labute approximate surface area is 124 Å². The molecule has 7 heteroatoms. The van der Waals surface area contributed by atoms with Gasteiger partial charge in [-0.2, -0.15) is 0 Å². The summed E-state index contributed by atoms with van der Waals surface area (Å²) in [5, 5.41) is 8.39. The van der Waals surface area contributed by atoms with Gasteiger partial charge in [-0.25, -0.2) is 4.98 Å². The fourth-order valence-corrected chi connectivity index (χ4v) is 1.55. The van der Waals surface area contributed by atoms with Gasteiger partial charge in [-0.15, -0.1) is 0 Å². The van der Waals surface area contributed by atoms with Crippen molar-refractivity contribution in [3.8, 4) is 0 Å². The Bertz CT molecular complexity index is 478. The first-order chi connectivity index (χ1) is 10.1. The quantitative estimate of drug-likeness (QED) is 0.663. The van der Waals surface area contributed by atoms with Crippen LogP contribution < -0.4 is 16.0 Å². The Hall–Kier alpha value is -2.18. The van der Waals surface area contributed by atoms with Crippen LogP contribution in [0.4, 0.5) is 5.82 Å². The molecule has 0 fully saturated rings. The molecule has 0 aliphatic heterocycles. The Balaban J connectivity index is 2.60. The van der Waals surface area contributed by atoms with Crippen molar-refractivity contribution in [2.45, 2.75) is 39.7 Å². The van der Waals surface area contributed by atoms with E-state index in [1.165, 1.54) is 6.20 Å². The van der Waals surface area contributed by atoms with E-state index in [1.54, 1.807) is 13.1 Å². The van der Waals surface area contributed by atoms with Crippen molar-refractivity contribution in [2.75, 3.05) is 18.4 Å². The topological polar surface area (TPSA) is 96.0 Å². The molecule has 1 atom stereocenters. The van der Waals surface area contributed by atoms with Gasteiger partial charge in [-0.1, -0.05) is 13.8 Å². The van der Waals surface area contributed by atoms with Gasteiger partial charge in [0.2, 0.25) is 5.91 Å². The second-order valence-corrected chi connectivity index (χ2v) is 4.70. The zero-order valence-electron chi connectivity index (χ0n) is 12.8. The minimum atomic E-state index is -0.613. The summed E-state index contributed by atoms with van der Waals surface area (Å²) in [4.78, 5) is 31.9. The van der Waals surface area contributed by atoms with E-state index in [-0.39, 0.29) is 11.6 Å². The largest absolute Gasteiger partial charge is 0.369 e. The van der Waals surface area contributed by atoms with Crippen LogP contribution in [0.15, 0.2) is 12.4 Å². The molecule has 1 aromatic heterocycles. The zero-order valence-corrected chi connectivity index (χ0v) is 12.8. The SMILES string of the molecule is CCCNC(=O)C(C)NC(=O)c1cncc(NCCC)n1. The van der Waals surface area contributed by atoms with Crippen LogP contribution in [0.5, 0.6) is 0 Å². The zero-order chi connectivity index (χ0) is 15.7. The van der Waals surface area contributed by atoms with Gasteiger partial charge in [0.15, 0.2) is 0 Å². The van der Waals surface area contributed by atoms with Gasteiger partial charge in [0, 0.05) is 13.1 Å². The van der Waals surface area contributed by atoms with E-state index in [2.05, 4.69) is 25.9 Å². The molecule has 3 N–H and O–H groups in total. The minimum absolute atomic E-state index is 0.186. The van der Waals surface area contributed by atoms with E-state index in [1.807, 2.05) is 13.8 Å². The summed E-state index contributed by atoms with van der Waals surface area (Å²) in [5.41, 5.74) is 0.186. The fraction of sp³-hybridized carbons (Fsp3) is 0.571. The van der Waals surface area contributed by atoms with Crippen molar-refractivity contribution in [1.82, 2.24) is 20.6 Å². The average molecular weight is 293 g/mol. The number of anilines is 1. The summed E-state index contributed by atoms with van der Waals surface area (Å²) in [6.07, 6.45) is 4.74. The predicted octanol–water partition coefficient (Wildman–Crippen LogP) is 0.943. The number of carbonyl (C=O) groups is 2. The maximum atomic E-state index is 12.0. The summed E-state index contributed by atoms with van der Waals surface area (Å²) in [7, 11) is 0. The van der Waals surface area contributed by atoms with E-state index < -0.39 is 11.9 Å². The van der Waals surface area contributed by atoms with Crippen molar-refractivity contribution >= 4 is 17.6 Å². The van der Waals surface area contributed by atoms with Crippen LogP contribution in [0.1, 0.15) is 44.1 Å². The summed E-state index contributed by atoms with van der Waals surface area (Å²) < 4.78 is 0. The number of amides is 2. The lowest BCUT2D eigenvalue weighted by Gasteiger charge is -2.13. The second-order valence-electron chi connectivity index (χ2n) is 4.70.